The van der Waals surface area contributed by atoms with Gasteiger partial charge < -0.3 is 0 Å². The number of rotatable bonds is 1. The molecule has 2 nitrogen and oxygen atoms in total. The average molecular weight is 274 g/mol. The normalized spacial score (nSPS) is 12.5. The number of hydrogen-bond donors (Lipinski definition) is 0. The zero-order chi connectivity index (χ0) is 12.5. The third kappa shape index (κ3) is 2.07. The van der Waals surface area contributed by atoms with Gasteiger partial charge in [0.1, 0.15) is 0 Å². The van der Waals surface area contributed by atoms with E-state index in [4.69, 9.17) is 11.6 Å². The molecule has 0 amide bonds. The van der Waals surface area contributed by atoms with Crippen LogP contribution in [0.4, 0.5) is 5.69 Å². The van der Waals surface area contributed by atoms with Gasteiger partial charge in [0.25, 0.3) is 5.24 Å². The molecule has 18 heavy (non-hydrogen) atoms. The van der Waals surface area contributed by atoms with Gasteiger partial charge >= 0.3 is 0 Å². The maximum absolute atomic E-state index is 11.2. The summed E-state index contributed by atoms with van der Waals surface area (Å²) in [5.74, 6) is 0. The Hall–Kier alpha value is -1.58. The lowest BCUT2D eigenvalue weighted by molar-refractivity contribution is 0.108. The second kappa shape index (κ2) is 4.59. The zero-order valence-corrected chi connectivity index (χ0v) is 10.8. The summed E-state index contributed by atoms with van der Waals surface area (Å²) in [6, 6.07) is 13.3. The second-order valence-electron chi connectivity index (χ2n) is 3.85. The van der Waals surface area contributed by atoms with Gasteiger partial charge in [-0.25, -0.2) is 0 Å². The fraction of sp³-hybridized carbons (Fsp3) is 0. The topological polar surface area (TPSA) is 29.4 Å². The van der Waals surface area contributed by atoms with Crippen LogP contribution < -0.4 is 0 Å². The number of benzene rings is 2. The highest BCUT2D eigenvalue weighted by molar-refractivity contribution is 7.99. The summed E-state index contributed by atoms with van der Waals surface area (Å²) in [5.41, 5.74) is 2.45. The van der Waals surface area contributed by atoms with E-state index >= 15 is 0 Å². The summed E-state index contributed by atoms with van der Waals surface area (Å²) in [5, 5.41) is -0.437. The summed E-state index contributed by atoms with van der Waals surface area (Å²) in [7, 11) is 0. The Morgan fingerprint density at radius 3 is 2.78 bits per heavy atom. The van der Waals surface area contributed by atoms with Crippen molar-refractivity contribution < 1.29 is 4.79 Å². The Labute approximate surface area is 114 Å². The Bertz CT molecular complexity index is 667. The fourth-order valence-electron chi connectivity index (χ4n) is 1.76. The summed E-state index contributed by atoms with van der Waals surface area (Å²) in [6.45, 7) is 0. The number of aliphatic imine (C=N–C) groups is 1. The SMILES string of the molecule is O=C(Cl)c1ccc2c(c1)Sc1ccccc1N=C2. The van der Waals surface area contributed by atoms with Crippen molar-refractivity contribution in [2.75, 3.05) is 0 Å². The Balaban J connectivity index is 2.13. The molecule has 0 bridgehead atoms. The molecule has 1 aliphatic heterocycles. The van der Waals surface area contributed by atoms with Crippen molar-refractivity contribution in [1.29, 1.82) is 0 Å². The molecule has 0 spiro atoms. The largest absolute Gasteiger partial charge is 0.276 e. The van der Waals surface area contributed by atoms with Gasteiger partial charge in [-0.1, -0.05) is 30.0 Å². The predicted octanol–water partition coefficient (Wildman–Crippen LogP) is 4.28. The van der Waals surface area contributed by atoms with Gasteiger partial charge in [-0.05, 0) is 35.9 Å². The first-order valence-electron chi connectivity index (χ1n) is 5.39. The van der Waals surface area contributed by atoms with Crippen LogP contribution in [0.15, 0.2) is 57.2 Å². The molecule has 1 aliphatic rings. The smallest absolute Gasteiger partial charge is 0.252 e. The molecule has 88 valence electrons. The highest BCUT2D eigenvalue weighted by Crippen LogP contribution is 2.39. The molecular weight excluding hydrogens is 266 g/mol. The van der Waals surface area contributed by atoms with Gasteiger partial charge in [0.05, 0.1) is 5.69 Å². The van der Waals surface area contributed by atoms with Crippen LogP contribution in [-0.4, -0.2) is 11.5 Å². The molecule has 0 radical (unpaired) electrons. The van der Waals surface area contributed by atoms with Crippen LogP contribution in [0.5, 0.6) is 0 Å². The van der Waals surface area contributed by atoms with Crippen LogP contribution in [0.2, 0.25) is 0 Å². The molecular formula is C14H8ClNOS. The van der Waals surface area contributed by atoms with Crippen LogP contribution >= 0.6 is 23.4 Å². The lowest BCUT2D eigenvalue weighted by Gasteiger charge is -2.05. The van der Waals surface area contributed by atoms with Crippen LogP contribution in [-0.2, 0) is 0 Å². The monoisotopic (exact) mass is 273 g/mol. The summed E-state index contributed by atoms with van der Waals surface area (Å²) >= 11 is 7.10. The van der Waals surface area contributed by atoms with E-state index in [2.05, 4.69) is 4.99 Å². The number of nitrogens with zero attached hydrogens (tertiary/aromatic N) is 1. The minimum atomic E-state index is -0.437. The van der Waals surface area contributed by atoms with Crippen molar-refractivity contribution in [2.24, 2.45) is 4.99 Å². The van der Waals surface area contributed by atoms with Crippen LogP contribution in [0.25, 0.3) is 0 Å². The number of fused-ring (bicyclic) bond motifs is 2. The highest BCUT2D eigenvalue weighted by atomic mass is 35.5. The molecule has 0 aromatic heterocycles. The first-order valence-corrected chi connectivity index (χ1v) is 6.58. The van der Waals surface area contributed by atoms with Gasteiger partial charge in [0.2, 0.25) is 0 Å². The molecule has 0 aliphatic carbocycles. The fourth-order valence-corrected chi connectivity index (χ4v) is 2.91. The molecule has 0 fully saturated rings. The summed E-state index contributed by atoms with van der Waals surface area (Å²) in [4.78, 5) is 17.7. The van der Waals surface area contributed by atoms with E-state index in [1.54, 1.807) is 17.8 Å². The summed E-state index contributed by atoms with van der Waals surface area (Å²) in [6.07, 6.45) is 1.82. The Kier molecular flexibility index (Phi) is 2.94. The molecule has 1 heterocycles. The van der Waals surface area contributed by atoms with Gasteiger partial charge in [-0.2, -0.15) is 0 Å². The van der Waals surface area contributed by atoms with Crippen molar-refractivity contribution >= 4 is 40.5 Å². The maximum Gasteiger partial charge on any atom is 0.252 e. The highest BCUT2D eigenvalue weighted by Gasteiger charge is 2.12. The number of carbonyl (C=O) groups is 1. The van der Waals surface area contributed by atoms with Crippen molar-refractivity contribution in [3.8, 4) is 0 Å². The van der Waals surface area contributed by atoms with Gasteiger partial charge in [-0.15, -0.1) is 0 Å². The van der Waals surface area contributed by atoms with E-state index in [1.807, 2.05) is 42.6 Å². The van der Waals surface area contributed by atoms with Crippen molar-refractivity contribution in [1.82, 2.24) is 0 Å². The molecule has 0 atom stereocenters. The number of para-hydroxylation sites is 1. The lowest BCUT2D eigenvalue weighted by atomic mass is 10.1. The van der Waals surface area contributed by atoms with Crippen molar-refractivity contribution in [3.05, 3.63) is 53.6 Å². The standard InChI is InChI=1S/C14H8ClNOS/c15-14(17)9-5-6-10-8-16-11-3-1-2-4-12(11)18-13(10)7-9/h1-8H. The van der Waals surface area contributed by atoms with Crippen LogP contribution in [0.3, 0.4) is 0 Å². The molecule has 4 heteroatoms. The minimum Gasteiger partial charge on any atom is -0.276 e. The zero-order valence-electron chi connectivity index (χ0n) is 9.26. The number of carbonyl (C=O) groups excluding carboxylic acids is 1. The van der Waals surface area contributed by atoms with E-state index in [0.29, 0.717) is 5.56 Å². The molecule has 2 aromatic rings. The van der Waals surface area contributed by atoms with E-state index in [1.165, 1.54) is 0 Å². The lowest BCUT2D eigenvalue weighted by Crippen LogP contribution is -1.92. The first-order chi connectivity index (χ1) is 8.74. The number of hydrogen-bond acceptors (Lipinski definition) is 3. The molecule has 0 N–H and O–H groups in total. The maximum atomic E-state index is 11.2. The summed E-state index contributed by atoms with van der Waals surface area (Å²) < 4.78 is 0. The third-order valence-electron chi connectivity index (χ3n) is 2.67. The minimum absolute atomic E-state index is 0.437. The van der Waals surface area contributed by atoms with E-state index in [-0.39, 0.29) is 0 Å². The predicted molar refractivity (Wildman–Crippen MR) is 74.4 cm³/mol. The number of halogens is 1. The Morgan fingerprint density at radius 1 is 1.11 bits per heavy atom. The quantitative estimate of drug-likeness (QED) is 0.619. The molecule has 2 aromatic carbocycles. The average Bonchev–Trinajstić information content (AvgIpc) is 2.56. The van der Waals surface area contributed by atoms with Crippen LogP contribution in [0, 0.1) is 0 Å². The molecule has 0 saturated heterocycles. The van der Waals surface area contributed by atoms with Gasteiger partial charge in [0.15, 0.2) is 0 Å². The first kappa shape index (κ1) is 11.5. The molecule has 0 saturated carbocycles. The van der Waals surface area contributed by atoms with E-state index in [9.17, 15) is 4.79 Å². The van der Waals surface area contributed by atoms with Crippen molar-refractivity contribution in [3.63, 3.8) is 0 Å². The molecule has 3 rings (SSSR count). The van der Waals surface area contributed by atoms with Crippen LogP contribution in [0.1, 0.15) is 15.9 Å². The van der Waals surface area contributed by atoms with Gasteiger partial charge in [0, 0.05) is 27.1 Å². The van der Waals surface area contributed by atoms with Crippen molar-refractivity contribution in [2.45, 2.75) is 9.79 Å². The second-order valence-corrected chi connectivity index (χ2v) is 5.28. The van der Waals surface area contributed by atoms with E-state index in [0.717, 1.165) is 21.0 Å². The Morgan fingerprint density at radius 2 is 1.94 bits per heavy atom. The van der Waals surface area contributed by atoms with Gasteiger partial charge in [-0.3, -0.25) is 9.79 Å². The third-order valence-corrected chi connectivity index (χ3v) is 4.03. The molecule has 0 unspecified atom stereocenters. The van der Waals surface area contributed by atoms with E-state index < -0.39 is 5.24 Å².